The van der Waals surface area contributed by atoms with E-state index >= 15 is 0 Å². The standard InChI is InChI=1S/C15H11N3O6/c1-9-16-17-14(23-9)8-22-15(19)13-7-6-12(24-13)10-2-4-11(5-3-10)18(20)21/h2-7H,8H2,1H3. The summed E-state index contributed by atoms with van der Waals surface area (Å²) in [4.78, 5) is 22.1. The SMILES string of the molecule is Cc1nnc(COC(=O)c2ccc(-c3ccc([N+](=O)[O-])cc3)o2)o1. The number of nitro benzene ring substituents is 1. The highest BCUT2D eigenvalue weighted by atomic mass is 16.6. The van der Waals surface area contributed by atoms with Crippen molar-refractivity contribution in [2.75, 3.05) is 0 Å². The molecule has 0 aliphatic rings. The smallest absolute Gasteiger partial charge is 0.374 e. The second kappa shape index (κ2) is 6.32. The van der Waals surface area contributed by atoms with Crippen molar-refractivity contribution in [3.8, 4) is 11.3 Å². The largest absolute Gasteiger partial charge is 0.450 e. The highest BCUT2D eigenvalue weighted by molar-refractivity contribution is 5.87. The van der Waals surface area contributed by atoms with E-state index in [1.165, 1.54) is 30.3 Å². The van der Waals surface area contributed by atoms with E-state index in [0.29, 0.717) is 17.2 Å². The molecule has 9 nitrogen and oxygen atoms in total. The predicted molar refractivity (Wildman–Crippen MR) is 79.0 cm³/mol. The molecule has 3 rings (SSSR count). The number of hydrogen-bond acceptors (Lipinski definition) is 8. The molecule has 0 saturated carbocycles. The third-order valence-corrected chi connectivity index (χ3v) is 3.06. The molecule has 9 heteroatoms. The number of carbonyl (C=O) groups is 1. The first-order valence-corrected chi connectivity index (χ1v) is 6.83. The minimum atomic E-state index is -0.681. The van der Waals surface area contributed by atoms with Crippen LogP contribution in [0.15, 0.2) is 45.2 Å². The Bertz CT molecular complexity index is 881. The van der Waals surface area contributed by atoms with Crippen LogP contribution in [0.2, 0.25) is 0 Å². The molecular weight excluding hydrogens is 318 g/mol. The summed E-state index contributed by atoms with van der Waals surface area (Å²) in [6, 6.07) is 8.81. The molecule has 1 aromatic carbocycles. The van der Waals surface area contributed by atoms with Gasteiger partial charge in [-0.3, -0.25) is 10.1 Å². The van der Waals surface area contributed by atoms with Crippen molar-refractivity contribution >= 4 is 11.7 Å². The van der Waals surface area contributed by atoms with Crippen molar-refractivity contribution in [1.29, 1.82) is 0 Å². The minimum Gasteiger partial charge on any atom is -0.450 e. The molecule has 0 bridgehead atoms. The third-order valence-electron chi connectivity index (χ3n) is 3.06. The summed E-state index contributed by atoms with van der Waals surface area (Å²) in [5, 5.41) is 18.0. The van der Waals surface area contributed by atoms with E-state index < -0.39 is 10.9 Å². The number of aryl methyl sites for hydroxylation is 1. The lowest BCUT2D eigenvalue weighted by atomic mass is 10.1. The topological polar surface area (TPSA) is 122 Å². The molecule has 2 heterocycles. The second-order valence-electron chi connectivity index (χ2n) is 4.76. The number of carbonyl (C=O) groups excluding carboxylic acids is 1. The Balaban J connectivity index is 1.68. The summed E-state index contributed by atoms with van der Waals surface area (Å²) in [5.74, 6) is 0.270. The van der Waals surface area contributed by atoms with Gasteiger partial charge < -0.3 is 13.6 Å². The zero-order valence-electron chi connectivity index (χ0n) is 12.5. The quantitative estimate of drug-likeness (QED) is 0.398. The molecule has 0 radical (unpaired) electrons. The van der Waals surface area contributed by atoms with Gasteiger partial charge in [-0.25, -0.2) is 4.79 Å². The molecule has 0 saturated heterocycles. The molecule has 0 atom stereocenters. The summed E-state index contributed by atoms with van der Waals surface area (Å²) >= 11 is 0. The van der Waals surface area contributed by atoms with Gasteiger partial charge in [0.1, 0.15) is 5.76 Å². The lowest BCUT2D eigenvalue weighted by Gasteiger charge is -1.99. The number of nitro groups is 1. The fourth-order valence-electron chi connectivity index (χ4n) is 1.94. The van der Waals surface area contributed by atoms with Gasteiger partial charge >= 0.3 is 5.97 Å². The maximum Gasteiger partial charge on any atom is 0.374 e. The molecule has 3 aromatic rings. The zero-order valence-corrected chi connectivity index (χ0v) is 12.5. The van der Waals surface area contributed by atoms with Gasteiger partial charge in [-0.1, -0.05) is 0 Å². The fraction of sp³-hybridized carbons (Fsp3) is 0.133. The zero-order chi connectivity index (χ0) is 17.1. The maximum atomic E-state index is 11.9. The van der Waals surface area contributed by atoms with Crippen LogP contribution in [-0.2, 0) is 11.3 Å². The molecule has 0 spiro atoms. The molecule has 0 unspecified atom stereocenters. The molecule has 0 fully saturated rings. The van der Waals surface area contributed by atoms with E-state index in [-0.39, 0.29) is 23.9 Å². The number of ether oxygens (including phenoxy) is 1. The first kappa shape index (κ1) is 15.4. The molecular formula is C15H11N3O6. The van der Waals surface area contributed by atoms with E-state index in [2.05, 4.69) is 10.2 Å². The first-order valence-electron chi connectivity index (χ1n) is 6.83. The Kier molecular flexibility index (Phi) is 4.06. The molecule has 0 aliphatic heterocycles. The van der Waals surface area contributed by atoms with Crippen molar-refractivity contribution in [3.05, 3.63) is 64.1 Å². The number of non-ortho nitro benzene ring substituents is 1. The highest BCUT2D eigenvalue weighted by Crippen LogP contribution is 2.25. The van der Waals surface area contributed by atoms with Gasteiger partial charge in [0.2, 0.25) is 11.7 Å². The van der Waals surface area contributed by atoms with Gasteiger partial charge in [-0.15, -0.1) is 10.2 Å². The molecule has 0 aliphatic carbocycles. The van der Waals surface area contributed by atoms with Crippen LogP contribution in [0.3, 0.4) is 0 Å². The molecule has 24 heavy (non-hydrogen) atoms. The Morgan fingerprint density at radius 3 is 2.54 bits per heavy atom. The molecule has 0 amide bonds. The van der Waals surface area contributed by atoms with Gasteiger partial charge in [0.25, 0.3) is 11.6 Å². The number of nitrogens with zero attached hydrogens (tertiary/aromatic N) is 3. The van der Waals surface area contributed by atoms with Crippen molar-refractivity contribution in [3.63, 3.8) is 0 Å². The van der Waals surface area contributed by atoms with Gasteiger partial charge in [0.05, 0.1) is 4.92 Å². The number of hydrogen-bond donors (Lipinski definition) is 0. The van der Waals surface area contributed by atoms with Gasteiger partial charge in [-0.05, 0) is 24.3 Å². The Morgan fingerprint density at radius 2 is 1.92 bits per heavy atom. The number of benzene rings is 1. The summed E-state index contributed by atoms with van der Waals surface area (Å²) in [6.07, 6.45) is 0. The first-order chi connectivity index (χ1) is 11.5. The average molecular weight is 329 g/mol. The van der Waals surface area contributed by atoms with Crippen LogP contribution in [0, 0.1) is 17.0 Å². The van der Waals surface area contributed by atoms with Crippen LogP contribution >= 0.6 is 0 Å². The normalized spacial score (nSPS) is 10.5. The Labute approximate surface area is 135 Å². The maximum absolute atomic E-state index is 11.9. The van der Waals surface area contributed by atoms with Crippen molar-refractivity contribution in [2.24, 2.45) is 0 Å². The van der Waals surface area contributed by atoms with E-state index in [1.54, 1.807) is 13.0 Å². The molecule has 122 valence electrons. The van der Waals surface area contributed by atoms with Crippen LogP contribution in [0.1, 0.15) is 22.3 Å². The van der Waals surface area contributed by atoms with Crippen molar-refractivity contribution < 1.29 is 23.3 Å². The highest BCUT2D eigenvalue weighted by Gasteiger charge is 2.16. The van der Waals surface area contributed by atoms with Crippen LogP contribution in [0.5, 0.6) is 0 Å². The van der Waals surface area contributed by atoms with E-state index in [9.17, 15) is 14.9 Å². The van der Waals surface area contributed by atoms with Crippen LogP contribution in [0.25, 0.3) is 11.3 Å². The van der Waals surface area contributed by atoms with Gasteiger partial charge in [0.15, 0.2) is 6.61 Å². The van der Waals surface area contributed by atoms with Crippen molar-refractivity contribution in [1.82, 2.24) is 10.2 Å². The molecule has 0 N–H and O–H groups in total. The minimum absolute atomic E-state index is 0.000380. The average Bonchev–Trinajstić information content (AvgIpc) is 3.22. The number of esters is 1. The fourth-order valence-corrected chi connectivity index (χ4v) is 1.94. The Morgan fingerprint density at radius 1 is 1.17 bits per heavy atom. The monoisotopic (exact) mass is 329 g/mol. The predicted octanol–water partition coefficient (Wildman–Crippen LogP) is 2.90. The van der Waals surface area contributed by atoms with E-state index in [0.717, 1.165) is 0 Å². The number of furan rings is 1. The summed E-state index contributed by atoms with van der Waals surface area (Å²) < 4.78 is 15.5. The Hall–Kier alpha value is -3.49. The van der Waals surface area contributed by atoms with Crippen molar-refractivity contribution in [2.45, 2.75) is 13.5 Å². The van der Waals surface area contributed by atoms with Crippen LogP contribution in [0.4, 0.5) is 5.69 Å². The summed E-state index contributed by atoms with van der Waals surface area (Å²) in [6.45, 7) is 1.47. The summed E-state index contributed by atoms with van der Waals surface area (Å²) in [5.41, 5.74) is 0.576. The van der Waals surface area contributed by atoms with E-state index in [1.807, 2.05) is 0 Å². The number of rotatable bonds is 5. The van der Waals surface area contributed by atoms with Gasteiger partial charge in [0, 0.05) is 24.6 Å². The van der Waals surface area contributed by atoms with E-state index in [4.69, 9.17) is 13.6 Å². The lowest BCUT2D eigenvalue weighted by Crippen LogP contribution is -2.04. The van der Waals surface area contributed by atoms with Crippen LogP contribution < -0.4 is 0 Å². The second-order valence-corrected chi connectivity index (χ2v) is 4.76. The lowest BCUT2D eigenvalue weighted by molar-refractivity contribution is -0.384. The molecule has 2 aromatic heterocycles. The van der Waals surface area contributed by atoms with Crippen LogP contribution in [-0.4, -0.2) is 21.1 Å². The number of aromatic nitrogens is 2. The summed E-state index contributed by atoms with van der Waals surface area (Å²) in [7, 11) is 0. The van der Waals surface area contributed by atoms with Gasteiger partial charge in [-0.2, -0.15) is 0 Å². The third kappa shape index (κ3) is 3.29.